The standard InChI is InChI=1S/C21H27FN4O2/c1-4-25-12-9-18(23-25)21(28)24-11-10-20(27)26(19(14-24)15(2)3)13-16-5-7-17(22)8-6-16/h5-9,12,15,19H,4,10-11,13-14H2,1-3H3/t19-/m1/s1. The van der Waals surface area contributed by atoms with E-state index >= 15 is 0 Å². The molecule has 28 heavy (non-hydrogen) atoms. The Kier molecular flexibility index (Phi) is 6.11. The van der Waals surface area contributed by atoms with E-state index in [1.807, 2.05) is 11.8 Å². The highest BCUT2D eigenvalue weighted by Crippen LogP contribution is 2.22. The molecule has 2 amide bonds. The minimum absolute atomic E-state index is 0.0115. The maximum atomic E-state index is 13.2. The van der Waals surface area contributed by atoms with Gasteiger partial charge in [-0.25, -0.2) is 4.39 Å². The van der Waals surface area contributed by atoms with Gasteiger partial charge in [-0.1, -0.05) is 26.0 Å². The van der Waals surface area contributed by atoms with Gasteiger partial charge >= 0.3 is 0 Å². The molecule has 2 aromatic rings. The van der Waals surface area contributed by atoms with Crippen LogP contribution in [-0.4, -0.2) is 50.5 Å². The fourth-order valence-corrected chi connectivity index (χ4v) is 3.54. The van der Waals surface area contributed by atoms with Crippen LogP contribution >= 0.6 is 0 Å². The van der Waals surface area contributed by atoms with E-state index in [4.69, 9.17) is 0 Å². The molecule has 1 aliphatic rings. The average Bonchev–Trinajstić information content (AvgIpc) is 3.10. The van der Waals surface area contributed by atoms with E-state index in [1.54, 1.807) is 34.0 Å². The van der Waals surface area contributed by atoms with E-state index in [9.17, 15) is 14.0 Å². The third-order valence-electron chi connectivity index (χ3n) is 5.23. The zero-order valence-corrected chi connectivity index (χ0v) is 16.6. The zero-order chi connectivity index (χ0) is 20.3. The fourth-order valence-electron chi connectivity index (χ4n) is 3.54. The topological polar surface area (TPSA) is 58.4 Å². The van der Waals surface area contributed by atoms with Crippen molar-refractivity contribution in [3.05, 3.63) is 53.6 Å². The van der Waals surface area contributed by atoms with Gasteiger partial charge in [-0.3, -0.25) is 14.3 Å². The molecular weight excluding hydrogens is 359 g/mol. The van der Waals surface area contributed by atoms with Crippen molar-refractivity contribution in [2.24, 2.45) is 5.92 Å². The van der Waals surface area contributed by atoms with Gasteiger partial charge in [-0.15, -0.1) is 0 Å². The van der Waals surface area contributed by atoms with E-state index in [1.165, 1.54) is 12.1 Å². The molecule has 3 rings (SSSR count). The minimum Gasteiger partial charge on any atom is -0.335 e. The predicted molar refractivity (Wildman–Crippen MR) is 104 cm³/mol. The molecule has 7 heteroatoms. The highest BCUT2D eigenvalue weighted by molar-refractivity contribution is 5.92. The Morgan fingerprint density at radius 1 is 1.25 bits per heavy atom. The molecule has 1 aromatic heterocycles. The van der Waals surface area contributed by atoms with Crippen molar-refractivity contribution in [3.63, 3.8) is 0 Å². The smallest absolute Gasteiger partial charge is 0.274 e. The lowest BCUT2D eigenvalue weighted by molar-refractivity contribution is -0.134. The van der Waals surface area contributed by atoms with Crippen molar-refractivity contribution in [2.45, 2.75) is 46.3 Å². The molecule has 1 fully saturated rings. The monoisotopic (exact) mass is 386 g/mol. The average molecular weight is 386 g/mol. The van der Waals surface area contributed by atoms with Gasteiger partial charge in [0.2, 0.25) is 5.91 Å². The van der Waals surface area contributed by atoms with Crippen molar-refractivity contribution >= 4 is 11.8 Å². The maximum absolute atomic E-state index is 13.2. The summed E-state index contributed by atoms with van der Waals surface area (Å²) in [5.74, 6) is -0.257. The second-order valence-electron chi connectivity index (χ2n) is 7.52. The van der Waals surface area contributed by atoms with Gasteiger partial charge in [0.05, 0.1) is 6.04 Å². The Labute approximate surface area is 164 Å². The van der Waals surface area contributed by atoms with Gasteiger partial charge in [-0.2, -0.15) is 5.10 Å². The number of carbonyl (C=O) groups is 2. The summed E-state index contributed by atoms with van der Waals surface area (Å²) in [5, 5.41) is 4.31. The van der Waals surface area contributed by atoms with Crippen molar-refractivity contribution in [3.8, 4) is 0 Å². The van der Waals surface area contributed by atoms with E-state index in [2.05, 4.69) is 18.9 Å². The summed E-state index contributed by atoms with van der Waals surface area (Å²) in [6.07, 6.45) is 2.06. The van der Waals surface area contributed by atoms with E-state index in [0.717, 1.165) is 5.56 Å². The Bertz CT molecular complexity index is 831. The van der Waals surface area contributed by atoms with Crippen LogP contribution in [0.5, 0.6) is 0 Å². The van der Waals surface area contributed by atoms with Gasteiger partial charge in [-0.05, 0) is 36.6 Å². The summed E-state index contributed by atoms with van der Waals surface area (Å²) in [4.78, 5) is 29.3. The van der Waals surface area contributed by atoms with Gasteiger partial charge in [0, 0.05) is 38.8 Å². The molecular formula is C21H27FN4O2. The molecule has 0 N–H and O–H groups in total. The third kappa shape index (κ3) is 4.40. The molecule has 1 atom stereocenters. The SMILES string of the molecule is CCn1ccc(C(=O)N2CCC(=O)N(Cc3ccc(F)cc3)[C@@H](C(C)C)C2)n1. The summed E-state index contributed by atoms with van der Waals surface area (Å²) in [7, 11) is 0. The van der Waals surface area contributed by atoms with Crippen LogP contribution in [0.4, 0.5) is 4.39 Å². The van der Waals surface area contributed by atoms with Gasteiger partial charge in [0.25, 0.3) is 5.91 Å². The van der Waals surface area contributed by atoms with Crippen molar-refractivity contribution in [1.82, 2.24) is 19.6 Å². The van der Waals surface area contributed by atoms with Crippen LogP contribution in [0.25, 0.3) is 0 Å². The molecule has 0 unspecified atom stereocenters. The number of hydrogen-bond acceptors (Lipinski definition) is 3. The molecule has 0 aliphatic carbocycles. The molecule has 0 radical (unpaired) electrons. The van der Waals surface area contributed by atoms with E-state index < -0.39 is 0 Å². The third-order valence-corrected chi connectivity index (χ3v) is 5.23. The largest absolute Gasteiger partial charge is 0.335 e. The first-order chi connectivity index (χ1) is 13.4. The molecule has 1 saturated heterocycles. The van der Waals surface area contributed by atoms with Gasteiger partial charge in [0.1, 0.15) is 11.5 Å². The molecule has 6 nitrogen and oxygen atoms in total. The lowest BCUT2D eigenvalue weighted by Crippen LogP contribution is -2.47. The number of hydrogen-bond donors (Lipinski definition) is 0. The van der Waals surface area contributed by atoms with Crippen molar-refractivity contribution in [2.75, 3.05) is 13.1 Å². The van der Waals surface area contributed by atoms with Crippen LogP contribution in [-0.2, 0) is 17.9 Å². The minimum atomic E-state index is -0.297. The summed E-state index contributed by atoms with van der Waals surface area (Å²) in [6.45, 7) is 8.02. The molecule has 1 aromatic carbocycles. The number of aryl methyl sites for hydroxylation is 1. The summed E-state index contributed by atoms with van der Waals surface area (Å²) >= 11 is 0. The summed E-state index contributed by atoms with van der Waals surface area (Å²) < 4.78 is 14.9. The molecule has 2 heterocycles. The number of rotatable bonds is 5. The normalized spacial score (nSPS) is 17.9. The van der Waals surface area contributed by atoms with Crippen LogP contribution in [0.1, 0.15) is 43.2 Å². The number of amides is 2. The Hall–Kier alpha value is -2.70. The van der Waals surface area contributed by atoms with E-state index in [-0.39, 0.29) is 36.0 Å². The van der Waals surface area contributed by atoms with Crippen LogP contribution in [0.3, 0.4) is 0 Å². The van der Waals surface area contributed by atoms with E-state index in [0.29, 0.717) is 31.9 Å². The van der Waals surface area contributed by atoms with Crippen LogP contribution in [0, 0.1) is 11.7 Å². The highest BCUT2D eigenvalue weighted by atomic mass is 19.1. The number of halogens is 1. The molecule has 150 valence electrons. The second kappa shape index (κ2) is 8.54. The quantitative estimate of drug-likeness (QED) is 0.794. The van der Waals surface area contributed by atoms with Crippen LogP contribution in [0.15, 0.2) is 36.5 Å². The maximum Gasteiger partial charge on any atom is 0.274 e. The lowest BCUT2D eigenvalue weighted by Gasteiger charge is -2.34. The first kappa shape index (κ1) is 20.0. The second-order valence-corrected chi connectivity index (χ2v) is 7.52. The molecule has 0 bridgehead atoms. The first-order valence-electron chi connectivity index (χ1n) is 9.75. The summed E-state index contributed by atoms with van der Waals surface area (Å²) in [5.41, 5.74) is 1.28. The zero-order valence-electron chi connectivity index (χ0n) is 16.6. The predicted octanol–water partition coefficient (Wildman–Crippen LogP) is 2.94. The molecule has 0 spiro atoms. The van der Waals surface area contributed by atoms with Gasteiger partial charge < -0.3 is 9.80 Å². The van der Waals surface area contributed by atoms with Crippen LogP contribution in [0.2, 0.25) is 0 Å². The lowest BCUT2D eigenvalue weighted by atomic mass is 10.0. The van der Waals surface area contributed by atoms with Crippen LogP contribution < -0.4 is 0 Å². The highest BCUT2D eigenvalue weighted by Gasteiger charge is 2.34. The van der Waals surface area contributed by atoms with Crippen molar-refractivity contribution in [1.29, 1.82) is 0 Å². The molecule has 1 aliphatic heterocycles. The summed E-state index contributed by atoms with van der Waals surface area (Å²) in [6, 6.07) is 7.82. The molecule has 0 saturated carbocycles. The Balaban J connectivity index is 1.80. The van der Waals surface area contributed by atoms with Gasteiger partial charge in [0.15, 0.2) is 0 Å². The van der Waals surface area contributed by atoms with Crippen molar-refractivity contribution < 1.29 is 14.0 Å². The Morgan fingerprint density at radius 2 is 1.96 bits per heavy atom. The number of nitrogens with zero attached hydrogens (tertiary/aromatic N) is 4. The number of benzene rings is 1. The number of aromatic nitrogens is 2. The fraction of sp³-hybridized carbons (Fsp3) is 0.476. The first-order valence-corrected chi connectivity index (χ1v) is 9.75. The Morgan fingerprint density at radius 3 is 2.57 bits per heavy atom. The number of carbonyl (C=O) groups excluding carboxylic acids is 2.